The highest BCUT2D eigenvalue weighted by Gasteiger charge is 2.12. The molecule has 0 saturated heterocycles. The van der Waals surface area contributed by atoms with Gasteiger partial charge in [0.15, 0.2) is 34.2 Å². The topological polar surface area (TPSA) is 77.3 Å². The van der Waals surface area contributed by atoms with Gasteiger partial charge < -0.3 is 0 Å². The molecular formula is C44H24N6S. The van der Waals surface area contributed by atoms with E-state index in [0.717, 1.165) is 65.0 Å². The Kier molecular flexibility index (Phi) is 6.02. The van der Waals surface area contributed by atoms with Crippen molar-refractivity contribution in [3.8, 4) is 22.8 Å². The van der Waals surface area contributed by atoms with Crippen molar-refractivity contribution in [2.24, 2.45) is 0 Å². The SMILES string of the molecule is c1ccc(-c2nc3nc(n2)c2ccc4sc5ccc(cc5c4c2)c2nc(-c4ccccc4)nc(n2)c2ccc4ccc5ccc3cc5c4c2)cc1. The molecule has 0 atom stereocenters. The molecule has 4 aromatic heterocycles. The molecule has 0 saturated carbocycles. The first-order chi connectivity index (χ1) is 25.2. The molecule has 0 spiro atoms. The molecule has 0 aliphatic rings. The number of rotatable bonds is 2. The maximum absolute atomic E-state index is 5.13. The molecule has 236 valence electrons. The van der Waals surface area contributed by atoms with Crippen LogP contribution in [0.25, 0.3) is 109 Å². The Bertz CT molecular complexity index is 3030. The van der Waals surface area contributed by atoms with E-state index in [9.17, 15) is 0 Å². The highest BCUT2D eigenvalue weighted by Crippen LogP contribution is 2.37. The highest BCUT2D eigenvalue weighted by atomic mass is 32.1. The number of hydrogen-bond donors (Lipinski definition) is 0. The third-order valence-electron chi connectivity index (χ3n) is 9.68. The zero-order valence-electron chi connectivity index (χ0n) is 26.9. The van der Waals surface area contributed by atoms with E-state index in [1.165, 1.54) is 9.40 Å². The standard InChI is InChI=1S/C44H24N6S/c1-3-7-27(8-4-1)39-45-41-29-15-13-25-11-12-26-14-16-30(22-34(26)33(25)21-29)42-46-40(28-9-5-2-6-10-28)48-44(50-42)32-18-20-38-36(24-32)35-23-31(43(47-39)49-41)17-19-37(35)51-38/h1-24H. The van der Waals surface area contributed by atoms with Crippen LogP contribution in [0.5, 0.6) is 0 Å². The molecule has 12 bridgehead atoms. The summed E-state index contributed by atoms with van der Waals surface area (Å²) in [5.74, 6) is 1.28. The van der Waals surface area contributed by atoms with Crippen LogP contribution in [0.3, 0.4) is 0 Å². The highest BCUT2D eigenvalue weighted by molar-refractivity contribution is 7.25. The van der Waals surface area contributed by atoms with Gasteiger partial charge in [0.25, 0.3) is 0 Å². The molecule has 0 radical (unpaired) electrons. The average Bonchev–Trinajstić information content (AvgIpc) is 3.57. The quantitative estimate of drug-likeness (QED) is 0.171. The van der Waals surface area contributed by atoms with Gasteiger partial charge in [-0.3, -0.25) is 0 Å². The molecule has 11 aromatic rings. The van der Waals surface area contributed by atoms with Gasteiger partial charge >= 0.3 is 0 Å². The van der Waals surface area contributed by atoms with Crippen molar-refractivity contribution in [2.45, 2.75) is 0 Å². The van der Waals surface area contributed by atoms with Gasteiger partial charge in [-0.25, -0.2) is 29.9 Å². The van der Waals surface area contributed by atoms with Gasteiger partial charge in [-0.1, -0.05) is 97.1 Å². The number of nitrogens with zero attached hydrogens (tertiary/aromatic N) is 6. The maximum Gasteiger partial charge on any atom is 0.164 e. The molecule has 0 unspecified atom stereocenters. The first-order valence-electron chi connectivity index (χ1n) is 16.8. The average molecular weight is 669 g/mol. The number of benzene rings is 7. The third-order valence-corrected chi connectivity index (χ3v) is 10.8. The summed E-state index contributed by atoms with van der Waals surface area (Å²) in [7, 11) is 0. The molecule has 0 amide bonds. The first kappa shape index (κ1) is 28.2. The van der Waals surface area contributed by atoms with Crippen LogP contribution in [-0.4, -0.2) is 29.9 Å². The van der Waals surface area contributed by atoms with E-state index < -0.39 is 0 Å². The second kappa shape index (κ2) is 10.9. The summed E-state index contributed by atoms with van der Waals surface area (Å²) in [5, 5.41) is 10.4. The second-order valence-corrected chi connectivity index (χ2v) is 13.9. The number of hydrogen-bond acceptors (Lipinski definition) is 7. The van der Waals surface area contributed by atoms with Crippen LogP contribution in [0.4, 0.5) is 0 Å². The van der Waals surface area contributed by atoms with E-state index in [-0.39, 0.29) is 0 Å². The fourth-order valence-electron chi connectivity index (χ4n) is 7.08. The van der Waals surface area contributed by atoms with Crippen LogP contribution in [0, 0.1) is 0 Å². The summed E-state index contributed by atoms with van der Waals surface area (Å²) in [6, 6.07) is 50.5. The normalized spacial score (nSPS) is 11.9. The van der Waals surface area contributed by atoms with E-state index in [4.69, 9.17) is 29.9 Å². The van der Waals surface area contributed by atoms with E-state index in [2.05, 4.69) is 84.9 Å². The van der Waals surface area contributed by atoms with Crippen LogP contribution in [0.15, 0.2) is 146 Å². The fraction of sp³-hybridized carbons (Fsp3) is 0. The van der Waals surface area contributed by atoms with Crippen molar-refractivity contribution >= 4 is 97.2 Å². The molecule has 7 aromatic carbocycles. The minimum Gasteiger partial charge on any atom is -0.208 e. The largest absolute Gasteiger partial charge is 0.208 e. The van der Waals surface area contributed by atoms with E-state index in [0.29, 0.717) is 34.2 Å². The molecule has 51 heavy (non-hydrogen) atoms. The number of thiophene rings is 1. The van der Waals surface area contributed by atoms with E-state index in [1.807, 2.05) is 60.7 Å². The Hall–Kier alpha value is -6.70. The van der Waals surface area contributed by atoms with Crippen LogP contribution in [0.2, 0.25) is 0 Å². The Labute approximate surface area is 294 Å². The summed E-state index contributed by atoms with van der Waals surface area (Å²) >= 11 is 1.77. The predicted octanol–water partition coefficient (Wildman–Crippen LogP) is 11.2. The van der Waals surface area contributed by atoms with Gasteiger partial charge in [0.2, 0.25) is 0 Å². The Morgan fingerprint density at radius 2 is 0.627 bits per heavy atom. The van der Waals surface area contributed by atoms with Crippen molar-refractivity contribution < 1.29 is 0 Å². The first-order valence-corrected chi connectivity index (χ1v) is 17.6. The predicted molar refractivity (Wildman–Crippen MR) is 211 cm³/mol. The minimum atomic E-state index is 0.627. The van der Waals surface area contributed by atoms with Crippen molar-refractivity contribution in [3.63, 3.8) is 0 Å². The minimum absolute atomic E-state index is 0.627. The number of fused-ring (bicyclic) bond motifs is 12. The lowest BCUT2D eigenvalue weighted by atomic mass is 10.00. The van der Waals surface area contributed by atoms with Crippen molar-refractivity contribution in [1.82, 2.24) is 29.9 Å². The zero-order valence-corrected chi connectivity index (χ0v) is 27.8. The van der Waals surface area contributed by atoms with Gasteiger partial charge in [-0.05, 0) is 70.1 Å². The zero-order chi connectivity index (χ0) is 33.5. The lowest BCUT2D eigenvalue weighted by Gasteiger charge is -2.07. The van der Waals surface area contributed by atoms with Crippen LogP contribution in [0.1, 0.15) is 0 Å². The van der Waals surface area contributed by atoms with Gasteiger partial charge in [0, 0.05) is 52.8 Å². The lowest BCUT2D eigenvalue weighted by molar-refractivity contribution is 1.18. The molecule has 6 nitrogen and oxygen atoms in total. The Morgan fingerprint density at radius 3 is 1.02 bits per heavy atom. The van der Waals surface area contributed by atoms with Gasteiger partial charge in [0.1, 0.15) is 0 Å². The summed E-state index contributed by atoms with van der Waals surface area (Å²) in [4.78, 5) is 30.5. The summed E-state index contributed by atoms with van der Waals surface area (Å²) in [6.07, 6.45) is 0. The molecule has 11 rings (SSSR count). The smallest absolute Gasteiger partial charge is 0.164 e. The number of aromatic nitrogens is 6. The van der Waals surface area contributed by atoms with Crippen LogP contribution < -0.4 is 0 Å². The third kappa shape index (κ3) is 4.63. The Morgan fingerprint density at radius 1 is 0.294 bits per heavy atom. The van der Waals surface area contributed by atoms with Gasteiger partial charge in [-0.15, -0.1) is 11.3 Å². The summed E-state index contributed by atoms with van der Waals surface area (Å²) in [6.45, 7) is 0. The molecule has 7 heteroatoms. The van der Waals surface area contributed by atoms with Crippen LogP contribution in [-0.2, 0) is 0 Å². The lowest BCUT2D eigenvalue weighted by Crippen LogP contribution is -1.94. The molecular weight excluding hydrogens is 645 g/mol. The van der Waals surface area contributed by atoms with Crippen molar-refractivity contribution in [1.29, 1.82) is 0 Å². The van der Waals surface area contributed by atoms with Gasteiger partial charge in [-0.2, -0.15) is 0 Å². The summed E-state index contributed by atoms with van der Waals surface area (Å²) < 4.78 is 2.38. The molecule has 0 aliphatic heterocycles. The molecule has 0 aliphatic carbocycles. The molecule has 0 N–H and O–H groups in total. The molecule has 0 fully saturated rings. The Balaban J connectivity index is 1.36. The maximum atomic E-state index is 5.13. The van der Waals surface area contributed by atoms with E-state index in [1.54, 1.807) is 11.3 Å². The van der Waals surface area contributed by atoms with E-state index >= 15 is 0 Å². The second-order valence-electron chi connectivity index (χ2n) is 12.8. The van der Waals surface area contributed by atoms with Gasteiger partial charge in [0.05, 0.1) is 0 Å². The van der Waals surface area contributed by atoms with Crippen LogP contribution >= 0.6 is 11.3 Å². The monoisotopic (exact) mass is 668 g/mol. The molecule has 4 heterocycles. The van der Waals surface area contributed by atoms with Crippen molar-refractivity contribution in [2.75, 3.05) is 0 Å². The fourth-order valence-corrected chi connectivity index (χ4v) is 8.15. The van der Waals surface area contributed by atoms with Crippen molar-refractivity contribution in [3.05, 3.63) is 146 Å². The summed E-state index contributed by atoms with van der Waals surface area (Å²) in [5.41, 5.74) is 4.40.